The first-order valence-electron chi connectivity index (χ1n) is 16.0. The van der Waals surface area contributed by atoms with Crippen LogP contribution in [-0.2, 0) is 22.6 Å². The molecule has 3 aromatic carbocycles. The van der Waals surface area contributed by atoms with E-state index in [9.17, 15) is 9.59 Å². The van der Waals surface area contributed by atoms with Crippen molar-refractivity contribution in [3.05, 3.63) is 125 Å². The molecule has 2 heterocycles. The number of benzene rings is 3. The Hall–Kier alpha value is -4.80. The van der Waals surface area contributed by atoms with Gasteiger partial charge in [0.15, 0.2) is 27.8 Å². The molecular weight excluding hydrogens is 664 g/mol. The van der Waals surface area contributed by atoms with Crippen LogP contribution in [0.3, 0.4) is 0 Å². The van der Waals surface area contributed by atoms with Crippen LogP contribution in [0.15, 0.2) is 88.3 Å². The van der Waals surface area contributed by atoms with Crippen molar-refractivity contribution in [1.82, 2.24) is 4.57 Å². The summed E-state index contributed by atoms with van der Waals surface area (Å²) in [5.41, 5.74) is 3.66. The number of halogens is 1. The zero-order chi connectivity index (χ0) is 35.1. The molecular formula is C38H39ClN2O7S. The maximum absolute atomic E-state index is 14.3. The van der Waals surface area contributed by atoms with Crippen molar-refractivity contribution in [2.75, 3.05) is 26.9 Å². The number of hydrogen-bond donors (Lipinski definition) is 0. The maximum atomic E-state index is 14.3. The third-order valence-corrected chi connectivity index (χ3v) is 8.97. The molecule has 0 amide bonds. The second-order valence-corrected chi connectivity index (χ2v) is 12.4. The summed E-state index contributed by atoms with van der Waals surface area (Å²) in [6.45, 7) is 12.5. The van der Waals surface area contributed by atoms with E-state index in [0.29, 0.717) is 74.9 Å². The number of ether oxygens (including phenoxy) is 5. The molecule has 9 nitrogen and oxygen atoms in total. The number of thiazole rings is 1. The Morgan fingerprint density at radius 3 is 2.39 bits per heavy atom. The fraction of sp³-hybridized carbons (Fsp3) is 0.289. The van der Waals surface area contributed by atoms with Crippen LogP contribution in [0.25, 0.3) is 6.08 Å². The van der Waals surface area contributed by atoms with Crippen molar-refractivity contribution in [2.24, 2.45) is 4.99 Å². The molecule has 11 heteroatoms. The number of fused-ring (bicyclic) bond motifs is 1. The van der Waals surface area contributed by atoms with Gasteiger partial charge in [0, 0.05) is 10.6 Å². The Bertz CT molecular complexity index is 2060. The largest absolute Gasteiger partial charge is 0.493 e. The Kier molecular flexibility index (Phi) is 11.6. The van der Waals surface area contributed by atoms with Crippen LogP contribution in [0.1, 0.15) is 56.0 Å². The molecule has 0 bridgehead atoms. The fourth-order valence-corrected chi connectivity index (χ4v) is 6.80. The van der Waals surface area contributed by atoms with Gasteiger partial charge in [-0.3, -0.25) is 9.36 Å². The van der Waals surface area contributed by atoms with Crippen LogP contribution in [0.5, 0.6) is 23.0 Å². The van der Waals surface area contributed by atoms with Crippen molar-refractivity contribution in [3.63, 3.8) is 0 Å². The molecule has 4 aromatic rings. The zero-order valence-corrected chi connectivity index (χ0v) is 29.8. The number of aromatic nitrogens is 1. The van der Waals surface area contributed by atoms with E-state index in [-0.39, 0.29) is 17.7 Å². The quantitative estimate of drug-likeness (QED) is 0.108. The molecule has 1 aliphatic rings. The van der Waals surface area contributed by atoms with Gasteiger partial charge >= 0.3 is 5.97 Å². The highest BCUT2D eigenvalue weighted by Crippen LogP contribution is 2.37. The van der Waals surface area contributed by atoms with Crippen LogP contribution < -0.4 is 33.8 Å². The summed E-state index contributed by atoms with van der Waals surface area (Å²) in [6, 6.07) is 15.9. The molecule has 5 rings (SSSR count). The van der Waals surface area contributed by atoms with E-state index in [1.807, 2.05) is 62.4 Å². The van der Waals surface area contributed by atoms with Gasteiger partial charge in [-0.05, 0) is 93.3 Å². The average molecular weight is 703 g/mol. The summed E-state index contributed by atoms with van der Waals surface area (Å²) in [4.78, 5) is 32.9. The lowest BCUT2D eigenvalue weighted by molar-refractivity contribution is -0.139. The van der Waals surface area contributed by atoms with Crippen molar-refractivity contribution in [2.45, 2.75) is 46.8 Å². The number of methoxy groups -OCH3 is 1. The summed E-state index contributed by atoms with van der Waals surface area (Å²) in [5.74, 6) is 1.65. The Morgan fingerprint density at radius 2 is 1.71 bits per heavy atom. The highest BCUT2D eigenvalue weighted by Gasteiger charge is 2.34. The maximum Gasteiger partial charge on any atom is 0.338 e. The van der Waals surface area contributed by atoms with Gasteiger partial charge in [-0.15, -0.1) is 6.58 Å². The van der Waals surface area contributed by atoms with Gasteiger partial charge in [-0.2, -0.15) is 0 Å². The summed E-state index contributed by atoms with van der Waals surface area (Å²) in [7, 11) is 1.56. The molecule has 1 aromatic heterocycles. The molecule has 0 saturated carbocycles. The predicted molar refractivity (Wildman–Crippen MR) is 192 cm³/mol. The summed E-state index contributed by atoms with van der Waals surface area (Å²) in [6.07, 6.45) is 4.12. The molecule has 0 saturated heterocycles. The van der Waals surface area contributed by atoms with E-state index in [4.69, 9.17) is 40.3 Å². The van der Waals surface area contributed by atoms with Crippen LogP contribution in [-0.4, -0.2) is 37.5 Å². The summed E-state index contributed by atoms with van der Waals surface area (Å²) in [5, 5.41) is 0.651. The minimum atomic E-state index is -0.804. The molecule has 0 aliphatic carbocycles. The molecule has 256 valence electrons. The highest BCUT2D eigenvalue weighted by molar-refractivity contribution is 7.07. The Balaban J connectivity index is 1.64. The normalized spacial score (nSPS) is 14.2. The molecule has 0 N–H and O–H groups in total. The first-order chi connectivity index (χ1) is 23.7. The molecule has 0 unspecified atom stereocenters. The average Bonchev–Trinajstić information content (AvgIpc) is 3.38. The van der Waals surface area contributed by atoms with Crippen LogP contribution in [0.4, 0.5) is 0 Å². The van der Waals surface area contributed by atoms with E-state index < -0.39 is 12.0 Å². The van der Waals surface area contributed by atoms with Gasteiger partial charge < -0.3 is 23.7 Å². The lowest BCUT2D eigenvalue weighted by atomic mass is 9.95. The molecule has 0 spiro atoms. The second kappa shape index (κ2) is 16.1. The topological polar surface area (TPSA) is 97.6 Å². The van der Waals surface area contributed by atoms with E-state index in [0.717, 1.165) is 16.7 Å². The number of nitrogens with zero attached hydrogens (tertiary/aromatic N) is 2. The number of esters is 1. The molecule has 0 radical (unpaired) electrons. The Morgan fingerprint density at radius 1 is 0.980 bits per heavy atom. The van der Waals surface area contributed by atoms with Gasteiger partial charge in [-0.25, -0.2) is 9.79 Å². The van der Waals surface area contributed by atoms with Crippen molar-refractivity contribution in [3.8, 4) is 23.0 Å². The van der Waals surface area contributed by atoms with Gasteiger partial charge in [0.1, 0.15) is 6.61 Å². The molecule has 0 fully saturated rings. The van der Waals surface area contributed by atoms with Gasteiger partial charge in [0.25, 0.3) is 5.56 Å². The predicted octanol–water partition coefficient (Wildman–Crippen LogP) is 6.57. The number of hydrogen-bond acceptors (Lipinski definition) is 9. The first-order valence-corrected chi connectivity index (χ1v) is 17.2. The lowest BCUT2D eigenvalue weighted by Gasteiger charge is -2.25. The Labute approximate surface area is 294 Å². The van der Waals surface area contributed by atoms with E-state index in [2.05, 4.69) is 6.58 Å². The SMILES string of the molecule is C=CCc1cc(/C=c2/sc3n(c2=O)[C@@H](c2ccc(OC)c(OCC)c2)C(C(=O)OCC)=C(C)N=3)cc(OCC)c1OCc1ccc(Cl)cc1. The third-order valence-electron chi connectivity index (χ3n) is 7.73. The van der Waals surface area contributed by atoms with E-state index >= 15 is 0 Å². The van der Waals surface area contributed by atoms with Crippen LogP contribution in [0.2, 0.25) is 5.02 Å². The minimum absolute atomic E-state index is 0.175. The smallest absolute Gasteiger partial charge is 0.338 e. The number of carbonyl (C=O) groups excluding carboxylic acids is 1. The monoisotopic (exact) mass is 702 g/mol. The van der Waals surface area contributed by atoms with Crippen molar-refractivity contribution >= 4 is 35.0 Å². The second-order valence-electron chi connectivity index (χ2n) is 11.0. The molecule has 1 aliphatic heterocycles. The fourth-order valence-electron chi connectivity index (χ4n) is 5.63. The molecule has 1 atom stereocenters. The summed E-state index contributed by atoms with van der Waals surface area (Å²) < 4.78 is 31.1. The van der Waals surface area contributed by atoms with Crippen molar-refractivity contribution in [1.29, 1.82) is 0 Å². The minimum Gasteiger partial charge on any atom is -0.493 e. The number of carbonyl (C=O) groups is 1. The van der Waals surface area contributed by atoms with Crippen LogP contribution in [0, 0.1) is 0 Å². The standard InChI is InChI=1S/C38H39ClN2O7S/c1-7-11-27-18-25(19-31(46-9-3)35(27)48-22-24-12-15-28(39)16-13-24)20-32-36(42)41-34(26-14-17-29(44-6)30(21-26)45-8-2)33(37(43)47-10-4)23(5)40-38(41)49-32/h7,12-21,34H,1,8-11,22H2,2-6H3/b32-20+/t34-/m0/s1. The van der Waals surface area contributed by atoms with Gasteiger partial charge in [-0.1, -0.05) is 47.2 Å². The van der Waals surface area contributed by atoms with Crippen molar-refractivity contribution < 1.29 is 28.5 Å². The molecule has 49 heavy (non-hydrogen) atoms. The highest BCUT2D eigenvalue weighted by atomic mass is 35.5. The van der Waals surface area contributed by atoms with E-state index in [1.54, 1.807) is 43.7 Å². The van der Waals surface area contributed by atoms with E-state index in [1.165, 1.54) is 11.3 Å². The lowest BCUT2D eigenvalue weighted by Crippen LogP contribution is -2.40. The van der Waals surface area contributed by atoms with Gasteiger partial charge in [0.2, 0.25) is 0 Å². The zero-order valence-electron chi connectivity index (χ0n) is 28.2. The number of rotatable bonds is 14. The summed E-state index contributed by atoms with van der Waals surface area (Å²) >= 11 is 7.30. The first kappa shape index (κ1) is 35.5. The third kappa shape index (κ3) is 7.76. The number of allylic oxidation sites excluding steroid dienone is 2. The van der Waals surface area contributed by atoms with Crippen LogP contribution >= 0.6 is 22.9 Å². The van der Waals surface area contributed by atoms with Gasteiger partial charge in [0.05, 0.1) is 48.8 Å².